The molecule has 1 amide bonds. The van der Waals surface area contributed by atoms with E-state index in [4.69, 9.17) is 5.73 Å². The molecule has 5 heteroatoms. The zero-order valence-corrected chi connectivity index (χ0v) is 15.7. The normalized spacial score (nSPS) is 15.1. The van der Waals surface area contributed by atoms with Crippen molar-refractivity contribution >= 4 is 29.0 Å². The molecule has 0 saturated carbocycles. The third-order valence-electron chi connectivity index (χ3n) is 4.70. The largest absolute Gasteiger partial charge is 0.399 e. The lowest BCUT2D eigenvalue weighted by Gasteiger charge is -2.27. The third-order valence-corrected chi connectivity index (χ3v) is 5.64. The Hall–Kier alpha value is -1.98. The molecule has 0 spiro atoms. The number of amides is 1. The van der Waals surface area contributed by atoms with Crippen molar-refractivity contribution in [3.63, 3.8) is 0 Å². The molecule has 25 heavy (non-hydrogen) atoms. The Morgan fingerprint density at radius 1 is 1.20 bits per heavy atom. The number of nitrogen functional groups attached to an aromatic ring is 1. The molecule has 1 saturated heterocycles. The minimum absolute atomic E-state index is 0.112. The van der Waals surface area contributed by atoms with E-state index >= 15 is 0 Å². The summed E-state index contributed by atoms with van der Waals surface area (Å²) in [4.78, 5) is 15.1. The van der Waals surface area contributed by atoms with E-state index in [2.05, 4.69) is 23.2 Å². The number of anilines is 2. The lowest BCUT2D eigenvalue weighted by molar-refractivity contribution is 0.102. The first-order chi connectivity index (χ1) is 12.0. The van der Waals surface area contributed by atoms with Gasteiger partial charge >= 0.3 is 0 Å². The number of nitrogens with one attached hydrogen (secondary N) is 1. The summed E-state index contributed by atoms with van der Waals surface area (Å²) in [5.41, 5.74) is 11.3. The van der Waals surface area contributed by atoms with Crippen molar-refractivity contribution in [2.24, 2.45) is 0 Å². The summed E-state index contributed by atoms with van der Waals surface area (Å²) in [6.07, 6.45) is 0. The Balaban J connectivity index is 1.77. The summed E-state index contributed by atoms with van der Waals surface area (Å²) in [5, 5.41) is 3.06. The van der Waals surface area contributed by atoms with Crippen LogP contribution in [0.5, 0.6) is 0 Å². The SMILES string of the molecule is Cc1ccc(N)cc1C(=O)Nc1cccc(CN2CCSCC2)c1C. The van der Waals surface area contributed by atoms with Crippen molar-refractivity contribution in [3.8, 4) is 0 Å². The number of nitrogens with zero attached hydrogens (tertiary/aromatic N) is 1. The predicted octanol–water partition coefficient (Wildman–Crippen LogP) is 3.69. The van der Waals surface area contributed by atoms with E-state index in [0.717, 1.165) is 36.4 Å². The highest BCUT2D eigenvalue weighted by Crippen LogP contribution is 2.23. The van der Waals surface area contributed by atoms with Crippen LogP contribution in [0, 0.1) is 13.8 Å². The van der Waals surface area contributed by atoms with Gasteiger partial charge in [-0.1, -0.05) is 18.2 Å². The molecular weight excluding hydrogens is 330 g/mol. The molecule has 0 radical (unpaired) electrons. The van der Waals surface area contributed by atoms with Crippen LogP contribution in [0.15, 0.2) is 36.4 Å². The molecule has 4 nitrogen and oxygen atoms in total. The van der Waals surface area contributed by atoms with Gasteiger partial charge in [-0.05, 0) is 48.7 Å². The quantitative estimate of drug-likeness (QED) is 0.821. The lowest BCUT2D eigenvalue weighted by atomic mass is 10.0. The summed E-state index contributed by atoms with van der Waals surface area (Å²) < 4.78 is 0. The highest BCUT2D eigenvalue weighted by atomic mass is 32.2. The molecule has 3 N–H and O–H groups in total. The molecule has 2 aromatic carbocycles. The van der Waals surface area contributed by atoms with Gasteiger partial charge in [0, 0.05) is 48.1 Å². The number of hydrogen-bond donors (Lipinski definition) is 2. The minimum atomic E-state index is -0.112. The van der Waals surface area contributed by atoms with Crippen LogP contribution in [0.3, 0.4) is 0 Å². The predicted molar refractivity (Wildman–Crippen MR) is 107 cm³/mol. The number of hydrogen-bond acceptors (Lipinski definition) is 4. The summed E-state index contributed by atoms with van der Waals surface area (Å²) in [5.74, 6) is 2.29. The number of aryl methyl sites for hydroxylation is 1. The van der Waals surface area contributed by atoms with Crippen molar-refractivity contribution in [2.75, 3.05) is 35.6 Å². The maximum atomic E-state index is 12.7. The van der Waals surface area contributed by atoms with Crippen LogP contribution >= 0.6 is 11.8 Å². The highest BCUT2D eigenvalue weighted by Gasteiger charge is 2.15. The maximum Gasteiger partial charge on any atom is 0.256 e. The summed E-state index contributed by atoms with van der Waals surface area (Å²) in [6, 6.07) is 11.6. The first-order valence-electron chi connectivity index (χ1n) is 8.60. The van der Waals surface area contributed by atoms with Crippen molar-refractivity contribution in [2.45, 2.75) is 20.4 Å². The summed E-state index contributed by atoms with van der Waals surface area (Å²) in [7, 11) is 0. The molecule has 0 aliphatic carbocycles. The molecule has 1 aliphatic rings. The molecule has 0 unspecified atom stereocenters. The van der Waals surface area contributed by atoms with E-state index in [9.17, 15) is 4.79 Å². The molecule has 132 valence electrons. The van der Waals surface area contributed by atoms with Gasteiger partial charge in [-0.3, -0.25) is 9.69 Å². The van der Waals surface area contributed by atoms with Crippen LogP contribution in [0.2, 0.25) is 0 Å². The lowest BCUT2D eigenvalue weighted by Crippen LogP contribution is -2.32. The Labute approximate surface area is 153 Å². The van der Waals surface area contributed by atoms with Crippen LogP contribution in [0.25, 0.3) is 0 Å². The molecule has 0 atom stereocenters. The van der Waals surface area contributed by atoms with Gasteiger partial charge in [-0.15, -0.1) is 0 Å². The zero-order valence-electron chi connectivity index (χ0n) is 14.8. The van der Waals surface area contributed by atoms with Crippen molar-refractivity contribution in [3.05, 3.63) is 58.7 Å². The average Bonchev–Trinajstić information content (AvgIpc) is 2.61. The van der Waals surface area contributed by atoms with Gasteiger partial charge in [0.1, 0.15) is 0 Å². The van der Waals surface area contributed by atoms with E-state index < -0.39 is 0 Å². The topological polar surface area (TPSA) is 58.4 Å². The second-order valence-corrected chi connectivity index (χ2v) is 7.73. The smallest absolute Gasteiger partial charge is 0.256 e. The summed E-state index contributed by atoms with van der Waals surface area (Å²) >= 11 is 2.02. The van der Waals surface area contributed by atoms with E-state index in [1.54, 1.807) is 6.07 Å². The molecule has 1 aliphatic heterocycles. The first-order valence-corrected chi connectivity index (χ1v) is 9.76. The molecule has 3 rings (SSSR count). The Bertz CT molecular complexity index is 770. The Morgan fingerprint density at radius 2 is 1.96 bits per heavy atom. The first kappa shape index (κ1) is 17.8. The molecule has 2 aromatic rings. The van der Waals surface area contributed by atoms with Crippen LogP contribution in [0.4, 0.5) is 11.4 Å². The van der Waals surface area contributed by atoms with E-state index in [1.807, 2.05) is 43.0 Å². The number of thioether (sulfide) groups is 1. The molecular formula is C20H25N3OS. The fraction of sp³-hybridized carbons (Fsp3) is 0.350. The Kier molecular flexibility index (Phi) is 5.66. The molecule has 1 fully saturated rings. The Morgan fingerprint density at radius 3 is 2.72 bits per heavy atom. The molecule has 0 bridgehead atoms. The number of benzene rings is 2. The number of nitrogens with two attached hydrogens (primary N) is 1. The van der Waals surface area contributed by atoms with Crippen molar-refractivity contribution in [1.29, 1.82) is 0 Å². The highest BCUT2D eigenvalue weighted by molar-refractivity contribution is 7.99. The second-order valence-electron chi connectivity index (χ2n) is 6.51. The fourth-order valence-corrected chi connectivity index (χ4v) is 4.04. The minimum Gasteiger partial charge on any atom is -0.399 e. The number of carbonyl (C=O) groups excluding carboxylic acids is 1. The standard InChI is InChI=1S/C20H25N3OS/c1-14-6-7-17(21)12-18(14)20(24)22-19-5-3-4-16(15(19)2)13-23-8-10-25-11-9-23/h3-7,12H,8-11,13,21H2,1-2H3,(H,22,24). The van der Waals surface area contributed by atoms with Gasteiger partial charge in [0.2, 0.25) is 0 Å². The average molecular weight is 356 g/mol. The van der Waals surface area contributed by atoms with Gasteiger partial charge in [0.05, 0.1) is 0 Å². The van der Waals surface area contributed by atoms with E-state index in [1.165, 1.54) is 17.1 Å². The summed E-state index contributed by atoms with van der Waals surface area (Å²) in [6.45, 7) is 7.20. The molecule has 1 heterocycles. The second kappa shape index (κ2) is 7.93. The van der Waals surface area contributed by atoms with Crippen molar-refractivity contribution in [1.82, 2.24) is 4.90 Å². The van der Waals surface area contributed by atoms with Gasteiger partial charge < -0.3 is 11.1 Å². The molecule has 0 aromatic heterocycles. The van der Waals surface area contributed by atoms with Crippen LogP contribution in [-0.2, 0) is 6.54 Å². The van der Waals surface area contributed by atoms with Gasteiger partial charge in [0.25, 0.3) is 5.91 Å². The van der Waals surface area contributed by atoms with E-state index in [0.29, 0.717) is 11.3 Å². The zero-order chi connectivity index (χ0) is 17.8. The number of rotatable bonds is 4. The maximum absolute atomic E-state index is 12.7. The van der Waals surface area contributed by atoms with Crippen LogP contribution in [0.1, 0.15) is 27.0 Å². The third kappa shape index (κ3) is 4.35. The monoisotopic (exact) mass is 355 g/mol. The van der Waals surface area contributed by atoms with E-state index in [-0.39, 0.29) is 5.91 Å². The van der Waals surface area contributed by atoms with Gasteiger partial charge in [0.15, 0.2) is 0 Å². The van der Waals surface area contributed by atoms with Crippen molar-refractivity contribution < 1.29 is 4.79 Å². The van der Waals surface area contributed by atoms with Crippen LogP contribution in [-0.4, -0.2) is 35.4 Å². The fourth-order valence-electron chi connectivity index (χ4n) is 3.06. The van der Waals surface area contributed by atoms with Gasteiger partial charge in [-0.2, -0.15) is 11.8 Å². The van der Waals surface area contributed by atoms with Gasteiger partial charge in [-0.25, -0.2) is 0 Å². The van der Waals surface area contributed by atoms with Crippen LogP contribution < -0.4 is 11.1 Å². The number of carbonyl (C=O) groups is 1.